The third-order valence-electron chi connectivity index (χ3n) is 2.98. The van der Waals surface area contributed by atoms with Crippen molar-refractivity contribution in [1.82, 2.24) is 29.9 Å². The molecule has 116 valence electrons. The van der Waals surface area contributed by atoms with Gasteiger partial charge in [0.2, 0.25) is 15.9 Å². The number of hydrogen-bond donors (Lipinski definition) is 2. The molecular weight excluding hydrogens is 300 g/mol. The Morgan fingerprint density at radius 1 is 1.43 bits per heavy atom. The molecule has 1 aliphatic rings. The highest BCUT2D eigenvalue weighted by molar-refractivity contribution is 7.89. The first kappa shape index (κ1) is 15.4. The molecule has 1 aromatic heterocycles. The Morgan fingerprint density at radius 3 is 2.90 bits per heavy atom. The van der Waals surface area contributed by atoms with Crippen LogP contribution in [0.15, 0.2) is 6.20 Å². The van der Waals surface area contributed by atoms with Crippen molar-refractivity contribution in [1.29, 1.82) is 0 Å². The maximum Gasteiger partial charge on any atom is 0.273 e. The largest absolute Gasteiger partial charge is 0.354 e. The number of sulfonamides is 1. The normalized spacial score (nSPS) is 18.0. The number of aromatic nitrogens is 3. The highest BCUT2D eigenvalue weighted by Crippen LogP contribution is 2.00. The predicted octanol–water partition coefficient (Wildman–Crippen LogP) is -2.60. The Kier molecular flexibility index (Phi) is 4.53. The van der Waals surface area contributed by atoms with Crippen molar-refractivity contribution in [2.45, 2.75) is 6.54 Å². The van der Waals surface area contributed by atoms with Crippen molar-refractivity contribution in [3.63, 3.8) is 0 Å². The first-order valence-electron chi connectivity index (χ1n) is 6.28. The van der Waals surface area contributed by atoms with Crippen molar-refractivity contribution < 1.29 is 18.0 Å². The minimum absolute atomic E-state index is 0.0932. The monoisotopic (exact) mass is 316 g/mol. The van der Waals surface area contributed by atoms with Crippen LogP contribution in [0.3, 0.4) is 0 Å². The van der Waals surface area contributed by atoms with Crippen LogP contribution in [0.25, 0.3) is 0 Å². The molecule has 21 heavy (non-hydrogen) atoms. The number of carbonyl (C=O) groups is 2. The van der Waals surface area contributed by atoms with E-state index >= 15 is 0 Å². The summed E-state index contributed by atoms with van der Waals surface area (Å²) in [5.74, 6) is -0.791. The van der Waals surface area contributed by atoms with E-state index in [0.717, 1.165) is 0 Å². The third kappa shape index (κ3) is 3.98. The smallest absolute Gasteiger partial charge is 0.273 e. The highest BCUT2D eigenvalue weighted by Gasteiger charge is 2.22. The molecule has 0 unspecified atom stereocenters. The minimum atomic E-state index is -3.30. The molecule has 0 saturated carbocycles. The lowest BCUT2D eigenvalue weighted by Crippen LogP contribution is -2.37. The summed E-state index contributed by atoms with van der Waals surface area (Å²) in [4.78, 5) is 24.9. The van der Waals surface area contributed by atoms with Crippen molar-refractivity contribution >= 4 is 21.8 Å². The van der Waals surface area contributed by atoms with Gasteiger partial charge in [0.15, 0.2) is 5.69 Å². The summed E-state index contributed by atoms with van der Waals surface area (Å²) in [5.41, 5.74) is 0.116. The van der Waals surface area contributed by atoms with Gasteiger partial charge < -0.3 is 10.2 Å². The summed E-state index contributed by atoms with van der Waals surface area (Å²) < 4.78 is 26.4. The fourth-order valence-electron chi connectivity index (χ4n) is 1.85. The molecule has 0 aromatic carbocycles. The number of hydrogen-bond acceptors (Lipinski definition) is 6. The van der Waals surface area contributed by atoms with Gasteiger partial charge in [0.25, 0.3) is 5.91 Å². The van der Waals surface area contributed by atoms with E-state index in [1.165, 1.54) is 22.8 Å². The number of amides is 2. The van der Waals surface area contributed by atoms with Crippen molar-refractivity contribution in [2.24, 2.45) is 0 Å². The number of nitrogens with one attached hydrogen (secondary N) is 2. The third-order valence-corrected chi connectivity index (χ3v) is 4.35. The van der Waals surface area contributed by atoms with Crippen LogP contribution in [0, 0.1) is 0 Å². The Morgan fingerprint density at radius 2 is 2.19 bits per heavy atom. The van der Waals surface area contributed by atoms with E-state index in [2.05, 4.69) is 20.4 Å². The maximum atomic E-state index is 12.1. The molecule has 1 saturated heterocycles. The molecule has 2 N–H and O–H groups in total. The van der Waals surface area contributed by atoms with E-state index < -0.39 is 15.9 Å². The zero-order chi connectivity index (χ0) is 15.5. The van der Waals surface area contributed by atoms with Crippen LogP contribution in [-0.4, -0.2) is 72.6 Å². The molecule has 0 atom stereocenters. The zero-order valence-electron chi connectivity index (χ0n) is 11.4. The summed E-state index contributed by atoms with van der Waals surface area (Å²) in [6.45, 7) is 0.527. The molecule has 1 aromatic rings. The Bertz CT molecular complexity index is 640. The molecule has 11 heteroatoms. The molecule has 0 spiro atoms. The van der Waals surface area contributed by atoms with Gasteiger partial charge in [-0.1, -0.05) is 5.21 Å². The number of carbonyl (C=O) groups excluding carboxylic acids is 2. The molecule has 1 fully saturated rings. The summed E-state index contributed by atoms with van der Waals surface area (Å²) in [6, 6.07) is 0. The van der Waals surface area contributed by atoms with E-state index in [4.69, 9.17) is 0 Å². The lowest BCUT2D eigenvalue weighted by atomic mass is 10.4. The van der Waals surface area contributed by atoms with Gasteiger partial charge in [0.1, 0.15) is 6.54 Å². The van der Waals surface area contributed by atoms with E-state index in [1.807, 2.05) is 0 Å². The van der Waals surface area contributed by atoms with Crippen LogP contribution < -0.4 is 10.0 Å². The second kappa shape index (κ2) is 6.18. The van der Waals surface area contributed by atoms with Gasteiger partial charge in [-0.3, -0.25) is 9.59 Å². The lowest BCUT2D eigenvalue weighted by Gasteiger charge is -2.18. The average molecular weight is 316 g/mol. The summed E-state index contributed by atoms with van der Waals surface area (Å²) in [5, 5.41) is 9.75. The van der Waals surface area contributed by atoms with Gasteiger partial charge in [0, 0.05) is 26.7 Å². The average Bonchev–Trinajstić information content (AvgIpc) is 2.81. The summed E-state index contributed by atoms with van der Waals surface area (Å²) in [7, 11) is -1.83. The van der Waals surface area contributed by atoms with Crippen molar-refractivity contribution in [2.75, 3.05) is 32.4 Å². The second-order valence-electron chi connectivity index (χ2n) is 4.47. The topological polar surface area (TPSA) is 126 Å². The van der Waals surface area contributed by atoms with Crippen LogP contribution in [0.4, 0.5) is 0 Å². The van der Waals surface area contributed by atoms with Gasteiger partial charge in [-0.25, -0.2) is 17.8 Å². The summed E-state index contributed by atoms with van der Waals surface area (Å²) in [6.07, 6.45) is 1.36. The van der Waals surface area contributed by atoms with Crippen LogP contribution >= 0.6 is 0 Å². The van der Waals surface area contributed by atoms with Gasteiger partial charge in [0.05, 0.1) is 11.9 Å². The molecule has 10 nitrogen and oxygen atoms in total. The van der Waals surface area contributed by atoms with Gasteiger partial charge in [-0.2, -0.15) is 0 Å². The SMILES string of the molecule is CNC(=O)c1cn(CC(=O)N2CCNS(=O)(=O)CC2)nn1. The molecule has 2 heterocycles. The molecule has 1 aliphatic heterocycles. The van der Waals surface area contributed by atoms with Crippen LogP contribution in [0.2, 0.25) is 0 Å². The van der Waals surface area contributed by atoms with Gasteiger partial charge >= 0.3 is 0 Å². The van der Waals surface area contributed by atoms with Crippen LogP contribution in [-0.2, 0) is 21.4 Å². The Hall–Kier alpha value is -2.01. The number of rotatable bonds is 3. The fourth-order valence-corrected chi connectivity index (χ4v) is 2.85. The van der Waals surface area contributed by atoms with Gasteiger partial charge in [-0.15, -0.1) is 5.10 Å². The molecular formula is C10H16N6O4S. The minimum Gasteiger partial charge on any atom is -0.354 e. The highest BCUT2D eigenvalue weighted by atomic mass is 32.2. The fraction of sp³-hybridized carbons (Fsp3) is 0.600. The van der Waals surface area contributed by atoms with Crippen molar-refractivity contribution in [3.05, 3.63) is 11.9 Å². The predicted molar refractivity (Wildman–Crippen MR) is 71.8 cm³/mol. The lowest BCUT2D eigenvalue weighted by molar-refractivity contribution is -0.131. The van der Waals surface area contributed by atoms with E-state index in [9.17, 15) is 18.0 Å². The van der Waals surface area contributed by atoms with Crippen LogP contribution in [0.5, 0.6) is 0 Å². The Labute approximate surface area is 121 Å². The van der Waals surface area contributed by atoms with Gasteiger partial charge in [-0.05, 0) is 0 Å². The van der Waals surface area contributed by atoms with Crippen molar-refractivity contribution in [3.8, 4) is 0 Å². The van der Waals surface area contributed by atoms with E-state index in [0.29, 0.717) is 6.54 Å². The molecule has 2 amide bonds. The van der Waals surface area contributed by atoms with Crippen LogP contribution in [0.1, 0.15) is 10.5 Å². The quantitative estimate of drug-likeness (QED) is 0.629. The summed E-state index contributed by atoms with van der Waals surface area (Å²) >= 11 is 0. The first-order valence-corrected chi connectivity index (χ1v) is 7.94. The number of nitrogens with zero attached hydrogens (tertiary/aromatic N) is 4. The Balaban J connectivity index is 1.98. The first-order chi connectivity index (χ1) is 9.91. The van der Waals surface area contributed by atoms with E-state index in [1.54, 1.807) is 0 Å². The standard InChI is InChI=1S/C10H16N6O4S/c1-11-10(18)8-6-16(14-13-8)7-9(17)15-3-2-12-21(19,20)5-4-15/h6,12H,2-5,7H2,1H3,(H,11,18). The second-order valence-corrected chi connectivity index (χ2v) is 6.40. The molecule has 0 bridgehead atoms. The van der Waals surface area contributed by atoms with E-state index in [-0.39, 0.29) is 37.0 Å². The zero-order valence-corrected chi connectivity index (χ0v) is 12.3. The molecule has 2 rings (SSSR count). The molecule has 0 radical (unpaired) electrons. The molecule has 0 aliphatic carbocycles. The maximum absolute atomic E-state index is 12.1.